The number of carbonyl (C=O) groups excluding carboxylic acids is 2. The van der Waals surface area contributed by atoms with Gasteiger partial charge in [-0.3, -0.25) is 9.59 Å². The molecule has 0 bridgehead atoms. The van der Waals surface area contributed by atoms with Gasteiger partial charge < -0.3 is 20.3 Å². The number of ether oxygens (including phenoxy) is 1. The van der Waals surface area contributed by atoms with Crippen LogP contribution in [-0.4, -0.2) is 35.3 Å². The second-order valence-electron chi connectivity index (χ2n) is 8.87. The fourth-order valence-corrected chi connectivity index (χ4v) is 3.41. The molecule has 0 aromatic heterocycles. The molecule has 0 saturated carbocycles. The molecule has 6 nitrogen and oxygen atoms in total. The van der Waals surface area contributed by atoms with Crippen LogP contribution in [0.3, 0.4) is 0 Å². The van der Waals surface area contributed by atoms with E-state index < -0.39 is 11.7 Å². The number of aliphatic hydroxyl groups excluding tert-OH is 1. The van der Waals surface area contributed by atoms with Crippen molar-refractivity contribution in [2.45, 2.75) is 33.5 Å². The Labute approximate surface area is 198 Å². The van der Waals surface area contributed by atoms with Crippen LogP contribution in [0.1, 0.15) is 46.5 Å². The number of rotatable bonds is 8. The van der Waals surface area contributed by atoms with Crippen LogP contribution < -0.4 is 10.1 Å². The van der Waals surface area contributed by atoms with E-state index in [4.69, 9.17) is 4.74 Å². The number of nitrogens with one attached hydrogen (secondary N) is 1. The molecule has 0 aliphatic heterocycles. The highest BCUT2D eigenvalue weighted by atomic mass is 19.1. The number of halogens is 1. The van der Waals surface area contributed by atoms with Crippen LogP contribution in [0.5, 0.6) is 5.75 Å². The van der Waals surface area contributed by atoms with E-state index in [0.29, 0.717) is 28.1 Å². The summed E-state index contributed by atoms with van der Waals surface area (Å²) in [5.74, 6) is -0.492. The Kier molecular flexibility index (Phi) is 7.49. The molecule has 0 radical (unpaired) electrons. The molecular weight excluding hydrogens is 437 g/mol. The van der Waals surface area contributed by atoms with E-state index in [9.17, 15) is 24.2 Å². The van der Waals surface area contributed by atoms with Crippen LogP contribution in [0.25, 0.3) is 11.1 Å². The SMILES string of the molecule is COc1cc(-c2ccc(C(=O)CC(C)(C)C(O)O)cc2)ccc1NC(=O)c1ccc(F)c(C)c1. The summed E-state index contributed by atoms with van der Waals surface area (Å²) in [4.78, 5) is 25.1. The lowest BCUT2D eigenvalue weighted by atomic mass is 9.84. The standard InChI is InChI=1S/C27H28FNO5/c1-16-13-20(9-11-21(16)28)25(31)29-22-12-10-19(14-24(22)34-4)17-5-7-18(8-6-17)23(30)15-27(2,3)26(32)33/h5-14,26,32-33H,15H2,1-4H3,(H,29,31). The molecule has 3 N–H and O–H groups in total. The molecule has 0 atom stereocenters. The van der Waals surface area contributed by atoms with Gasteiger partial charge in [0.05, 0.1) is 12.8 Å². The number of methoxy groups -OCH3 is 1. The van der Waals surface area contributed by atoms with Crippen molar-refractivity contribution < 1.29 is 28.9 Å². The molecule has 0 aliphatic rings. The third-order valence-electron chi connectivity index (χ3n) is 5.73. The summed E-state index contributed by atoms with van der Waals surface area (Å²) in [6, 6.07) is 16.4. The van der Waals surface area contributed by atoms with Crippen molar-refractivity contribution in [3.63, 3.8) is 0 Å². The van der Waals surface area contributed by atoms with Crippen LogP contribution in [0, 0.1) is 18.2 Å². The monoisotopic (exact) mass is 465 g/mol. The highest BCUT2D eigenvalue weighted by molar-refractivity contribution is 6.05. The van der Waals surface area contributed by atoms with Gasteiger partial charge in [0, 0.05) is 23.0 Å². The number of anilines is 1. The highest BCUT2D eigenvalue weighted by Crippen LogP contribution is 2.32. The fraction of sp³-hybridized carbons (Fsp3) is 0.259. The van der Waals surface area contributed by atoms with Gasteiger partial charge in [-0.2, -0.15) is 0 Å². The molecule has 3 rings (SSSR count). The summed E-state index contributed by atoms with van der Waals surface area (Å²) >= 11 is 0. The molecule has 3 aromatic rings. The smallest absolute Gasteiger partial charge is 0.255 e. The maximum atomic E-state index is 13.5. The molecular formula is C27H28FNO5. The van der Waals surface area contributed by atoms with Gasteiger partial charge in [0.2, 0.25) is 0 Å². The molecule has 1 amide bonds. The van der Waals surface area contributed by atoms with Gasteiger partial charge in [-0.1, -0.05) is 44.2 Å². The number of aliphatic hydroxyl groups is 2. The summed E-state index contributed by atoms with van der Waals surface area (Å²) in [5.41, 5.74) is 2.37. The molecule has 3 aromatic carbocycles. The Bertz CT molecular complexity index is 1200. The maximum Gasteiger partial charge on any atom is 0.255 e. The van der Waals surface area contributed by atoms with E-state index in [0.717, 1.165) is 11.1 Å². The summed E-state index contributed by atoms with van der Waals surface area (Å²) in [5, 5.41) is 21.7. The van der Waals surface area contributed by atoms with E-state index in [-0.39, 0.29) is 23.9 Å². The Morgan fingerprint density at radius 1 is 0.971 bits per heavy atom. The first-order valence-corrected chi connectivity index (χ1v) is 10.8. The predicted molar refractivity (Wildman–Crippen MR) is 128 cm³/mol. The van der Waals surface area contributed by atoms with Crippen molar-refractivity contribution in [1.82, 2.24) is 0 Å². The Morgan fingerprint density at radius 3 is 2.18 bits per heavy atom. The lowest BCUT2D eigenvalue weighted by molar-refractivity contribution is -0.120. The van der Waals surface area contributed by atoms with E-state index in [1.165, 1.54) is 25.3 Å². The zero-order valence-electron chi connectivity index (χ0n) is 19.6. The van der Waals surface area contributed by atoms with Crippen LogP contribution in [0.4, 0.5) is 10.1 Å². The van der Waals surface area contributed by atoms with Gasteiger partial charge in [0.1, 0.15) is 11.6 Å². The number of benzene rings is 3. The number of aryl methyl sites for hydroxylation is 1. The molecule has 0 saturated heterocycles. The van der Waals surface area contributed by atoms with Crippen molar-refractivity contribution in [1.29, 1.82) is 0 Å². The number of amides is 1. The van der Waals surface area contributed by atoms with Crippen LogP contribution in [0.2, 0.25) is 0 Å². The van der Waals surface area contributed by atoms with Crippen LogP contribution >= 0.6 is 0 Å². The van der Waals surface area contributed by atoms with Gasteiger partial charge in [0.25, 0.3) is 5.91 Å². The predicted octanol–water partition coefficient (Wildman–Crippen LogP) is 4.97. The minimum absolute atomic E-state index is 0.000187. The van der Waals surface area contributed by atoms with E-state index in [1.54, 1.807) is 57.2 Å². The summed E-state index contributed by atoms with van der Waals surface area (Å²) < 4.78 is 18.9. The summed E-state index contributed by atoms with van der Waals surface area (Å²) in [6.45, 7) is 4.83. The topological polar surface area (TPSA) is 95.9 Å². The molecule has 34 heavy (non-hydrogen) atoms. The second-order valence-corrected chi connectivity index (χ2v) is 8.87. The number of ketones is 1. The normalized spacial score (nSPS) is 11.4. The first-order valence-electron chi connectivity index (χ1n) is 10.8. The van der Waals surface area contributed by atoms with Crippen LogP contribution in [-0.2, 0) is 0 Å². The minimum Gasteiger partial charge on any atom is -0.495 e. The molecule has 178 valence electrons. The highest BCUT2D eigenvalue weighted by Gasteiger charge is 2.29. The minimum atomic E-state index is -1.59. The average molecular weight is 466 g/mol. The quantitative estimate of drug-likeness (QED) is 0.322. The maximum absolute atomic E-state index is 13.5. The van der Waals surface area contributed by atoms with E-state index >= 15 is 0 Å². The van der Waals surface area contributed by atoms with E-state index in [2.05, 4.69) is 5.32 Å². The molecule has 0 spiro atoms. The molecule has 7 heteroatoms. The lowest BCUT2D eigenvalue weighted by Gasteiger charge is -2.25. The molecule has 0 aliphatic carbocycles. The first-order chi connectivity index (χ1) is 16.0. The number of hydrogen-bond donors (Lipinski definition) is 3. The van der Waals surface area contributed by atoms with Crippen molar-refractivity contribution in [3.8, 4) is 16.9 Å². The fourth-order valence-electron chi connectivity index (χ4n) is 3.41. The first kappa shape index (κ1) is 25.1. The molecule has 0 unspecified atom stereocenters. The number of carbonyl (C=O) groups is 2. The third-order valence-corrected chi connectivity index (χ3v) is 5.73. The Balaban J connectivity index is 1.78. The van der Waals surface area contributed by atoms with Gasteiger partial charge in [-0.15, -0.1) is 0 Å². The van der Waals surface area contributed by atoms with Crippen LogP contribution in [0.15, 0.2) is 60.7 Å². The summed E-state index contributed by atoms with van der Waals surface area (Å²) in [6.07, 6.45) is -1.59. The zero-order valence-corrected chi connectivity index (χ0v) is 19.6. The molecule has 0 fully saturated rings. The summed E-state index contributed by atoms with van der Waals surface area (Å²) in [7, 11) is 1.50. The number of hydrogen-bond acceptors (Lipinski definition) is 5. The Morgan fingerprint density at radius 2 is 1.59 bits per heavy atom. The van der Waals surface area contributed by atoms with Gasteiger partial charge in [-0.05, 0) is 53.9 Å². The average Bonchev–Trinajstić information content (AvgIpc) is 2.80. The van der Waals surface area contributed by atoms with E-state index in [1.807, 2.05) is 6.07 Å². The Hall–Kier alpha value is -3.55. The van der Waals surface area contributed by atoms with Crippen molar-refractivity contribution in [3.05, 3.63) is 83.2 Å². The van der Waals surface area contributed by atoms with Gasteiger partial charge in [0.15, 0.2) is 12.1 Å². The lowest BCUT2D eigenvalue weighted by Crippen LogP contribution is -2.31. The molecule has 0 heterocycles. The van der Waals surface area contributed by atoms with Gasteiger partial charge >= 0.3 is 0 Å². The second kappa shape index (κ2) is 10.2. The number of Topliss-reactive ketones (excluding diaryl/α,β-unsaturated/α-hetero) is 1. The largest absolute Gasteiger partial charge is 0.495 e. The van der Waals surface area contributed by atoms with Crippen molar-refractivity contribution in [2.75, 3.05) is 12.4 Å². The zero-order chi connectivity index (χ0) is 25.0. The third kappa shape index (κ3) is 5.68. The van der Waals surface area contributed by atoms with Gasteiger partial charge in [-0.25, -0.2) is 4.39 Å². The van der Waals surface area contributed by atoms with Crippen molar-refractivity contribution in [2.24, 2.45) is 5.41 Å². The van der Waals surface area contributed by atoms with Crippen molar-refractivity contribution >= 4 is 17.4 Å².